The Morgan fingerprint density at radius 2 is 1.59 bits per heavy atom. The lowest BCUT2D eigenvalue weighted by Gasteiger charge is -2.15. The monoisotopic (exact) mass is 522 g/mol. The van der Waals surface area contributed by atoms with Crippen molar-refractivity contribution in [3.8, 4) is 5.69 Å². The third kappa shape index (κ3) is 4.72. The van der Waals surface area contributed by atoms with Gasteiger partial charge in [0.25, 0.3) is 11.5 Å². The fraction of sp³-hybridized carbons (Fsp3) is 0.259. The summed E-state index contributed by atoms with van der Waals surface area (Å²) in [5.41, 5.74) is 2.64. The summed E-state index contributed by atoms with van der Waals surface area (Å²) < 4.78 is 15.7. The Morgan fingerprint density at radius 1 is 1.00 bits per heavy atom. The summed E-state index contributed by atoms with van der Waals surface area (Å²) in [6.45, 7) is 6.98. The molecule has 0 radical (unpaired) electrons. The molecular weight excluding hydrogens is 495 g/mol. The highest BCUT2D eigenvalue weighted by molar-refractivity contribution is 7.20. The molecule has 8 nitrogen and oxygen atoms in total. The van der Waals surface area contributed by atoms with Crippen molar-refractivity contribution in [2.75, 3.05) is 19.4 Å². The minimum absolute atomic E-state index is 0.156. The number of aryl methyl sites for hydroxylation is 4. The quantitative estimate of drug-likeness (QED) is 0.430. The van der Waals surface area contributed by atoms with Crippen LogP contribution < -0.4 is 16.6 Å². The van der Waals surface area contributed by atoms with Gasteiger partial charge < -0.3 is 10.2 Å². The number of hydrogen-bond acceptors (Lipinski definition) is 5. The molecule has 4 aromatic rings. The predicted molar refractivity (Wildman–Crippen MR) is 144 cm³/mol. The van der Waals surface area contributed by atoms with Gasteiger partial charge in [-0.2, -0.15) is 0 Å². The van der Waals surface area contributed by atoms with E-state index in [1.54, 1.807) is 21.0 Å². The maximum atomic E-state index is 13.6. The summed E-state index contributed by atoms with van der Waals surface area (Å²) in [5, 5.41) is 3.05. The van der Waals surface area contributed by atoms with Crippen LogP contribution >= 0.6 is 11.3 Å². The third-order valence-electron chi connectivity index (χ3n) is 6.14. The van der Waals surface area contributed by atoms with Gasteiger partial charge in [0.15, 0.2) is 0 Å². The topological polar surface area (TPSA) is 93.4 Å². The van der Waals surface area contributed by atoms with Crippen LogP contribution in [0.2, 0.25) is 0 Å². The van der Waals surface area contributed by atoms with Gasteiger partial charge in [0.05, 0.1) is 16.0 Å². The molecular formula is C27H27FN4O4S. The SMILES string of the molecule is Cc1cc(C)c(NC(=O)Cn2c(=O)n(-c3ccc(F)cc3)c(=O)c3c(C)c(C(=O)N(C)C)sc32)c(C)c1. The highest BCUT2D eigenvalue weighted by Gasteiger charge is 2.25. The Hall–Kier alpha value is -4.05. The molecule has 0 unspecified atom stereocenters. The summed E-state index contributed by atoms with van der Waals surface area (Å²) in [7, 11) is 3.19. The van der Waals surface area contributed by atoms with Crippen molar-refractivity contribution in [3.63, 3.8) is 0 Å². The first-order valence-corrected chi connectivity index (χ1v) is 12.4. The number of benzene rings is 2. The normalized spacial score (nSPS) is 11.1. The Morgan fingerprint density at radius 3 is 2.16 bits per heavy atom. The fourth-order valence-corrected chi connectivity index (χ4v) is 5.72. The molecule has 2 aromatic carbocycles. The number of nitrogens with one attached hydrogen (secondary N) is 1. The Labute approximate surface area is 216 Å². The average molecular weight is 523 g/mol. The van der Waals surface area contributed by atoms with Crippen LogP contribution in [0, 0.1) is 33.5 Å². The van der Waals surface area contributed by atoms with Crippen LogP contribution in [-0.2, 0) is 11.3 Å². The zero-order valence-electron chi connectivity index (χ0n) is 21.4. The summed E-state index contributed by atoms with van der Waals surface area (Å²) in [5.74, 6) is -1.30. The first-order chi connectivity index (χ1) is 17.4. The van der Waals surface area contributed by atoms with Gasteiger partial charge in [-0.1, -0.05) is 17.7 Å². The molecule has 0 fully saturated rings. The first-order valence-electron chi connectivity index (χ1n) is 11.5. The Bertz CT molecular complexity index is 1660. The van der Waals surface area contributed by atoms with Gasteiger partial charge in [0.1, 0.15) is 17.2 Å². The molecule has 0 aliphatic carbocycles. The Balaban J connectivity index is 1.93. The molecule has 1 N–H and O–H groups in total. The first kappa shape index (κ1) is 26.0. The van der Waals surface area contributed by atoms with Crippen molar-refractivity contribution >= 4 is 39.1 Å². The minimum atomic E-state index is -0.762. The van der Waals surface area contributed by atoms with Crippen LogP contribution in [0.5, 0.6) is 0 Å². The van der Waals surface area contributed by atoms with Crippen molar-refractivity contribution in [2.24, 2.45) is 0 Å². The standard InChI is InChI=1S/C27H27FN4O4S/c1-14-11-15(2)22(16(3)12-14)29-20(33)13-31-26-21(17(4)23(37-26)25(35)30(5)6)24(34)32(27(31)36)19-9-7-18(28)8-10-19/h7-12H,13H2,1-6H3,(H,29,33). The van der Waals surface area contributed by atoms with E-state index in [4.69, 9.17) is 0 Å². The second-order valence-corrected chi connectivity index (χ2v) is 10.2. The number of carbonyl (C=O) groups excluding carboxylic acids is 2. The second-order valence-electron chi connectivity index (χ2n) is 9.24. The second kappa shape index (κ2) is 9.78. The van der Waals surface area contributed by atoms with Crippen LogP contribution in [0.1, 0.15) is 31.9 Å². The minimum Gasteiger partial charge on any atom is -0.344 e. The summed E-state index contributed by atoms with van der Waals surface area (Å²) in [4.78, 5) is 55.1. The number of fused-ring (bicyclic) bond motifs is 1. The average Bonchev–Trinajstić information content (AvgIpc) is 3.16. The van der Waals surface area contributed by atoms with Crippen molar-refractivity contribution < 1.29 is 14.0 Å². The number of aromatic nitrogens is 2. The molecule has 0 aliphatic heterocycles. The molecule has 2 heterocycles. The van der Waals surface area contributed by atoms with Crippen molar-refractivity contribution in [1.82, 2.24) is 14.0 Å². The maximum absolute atomic E-state index is 13.6. The van der Waals surface area contributed by atoms with Crippen LogP contribution in [0.25, 0.3) is 15.9 Å². The molecule has 2 amide bonds. The van der Waals surface area contributed by atoms with Crippen LogP contribution in [0.4, 0.5) is 10.1 Å². The predicted octanol–water partition coefficient (Wildman–Crippen LogP) is 3.93. The molecule has 0 aliphatic rings. The summed E-state index contributed by atoms with van der Waals surface area (Å²) in [6.07, 6.45) is 0. The molecule has 37 heavy (non-hydrogen) atoms. The van der Waals surface area contributed by atoms with Gasteiger partial charge >= 0.3 is 5.69 Å². The molecule has 0 atom stereocenters. The number of carbonyl (C=O) groups is 2. The number of anilines is 1. The zero-order valence-corrected chi connectivity index (χ0v) is 22.2. The molecule has 10 heteroatoms. The number of rotatable bonds is 5. The molecule has 192 valence electrons. The summed E-state index contributed by atoms with van der Waals surface area (Å²) >= 11 is 0.997. The van der Waals surface area contributed by atoms with Crippen LogP contribution in [0.15, 0.2) is 46.0 Å². The van der Waals surface area contributed by atoms with Crippen molar-refractivity contribution in [3.05, 3.63) is 90.2 Å². The van der Waals surface area contributed by atoms with E-state index in [0.717, 1.165) is 44.7 Å². The number of thiophene rings is 1. The molecule has 2 aromatic heterocycles. The molecule has 0 bridgehead atoms. The third-order valence-corrected chi connectivity index (χ3v) is 7.44. The zero-order chi connectivity index (χ0) is 27.2. The van der Waals surface area contributed by atoms with E-state index >= 15 is 0 Å². The van der Waals surface area contributed by atoms with Gasteiger partial charge in [-0.25, -0.2) is 13.8 Å². The van der Waals surface area contributed by atoms with Gasteiger partial charge in [0.2, 0.25) is 5.91 Å². The van der Waals surface area contributed by atoms with E-state index in [0.29, 0.717) is 16.1 Å². The lowest BCUT2D eigenvalue weighted by Crippen LogP contribution is -2.40. The van der Waals surface area contributed by atoms with Crippen molar-refractivity contribution in [1.29, 1.82) is 0 Å². The van der Waals surface area contributed by atoms with Gasteiger partial charge in [-0.3, -0.25) is 19.0 Å². The van der Waals surface area contributed by atoms with Crippen LogP contribution in [0.3, 0.4) is 0 Å². The van der Waals surface area contributed by atoms with E-state index < -0.39 is 23.0 Å². The number of nitrogens with zero attached hydrogens (tertiary/aromatic N) is 3. The number of amides is 2. The molecule has 0 saturated heterocycles. The van der Waals surface area contributed by atoms with Gasteiger partial charge in [-0.15, -0.1) is 11.3 Å². The lowest BCUT2D eigenvalue weighted by molar-refractivity contribution is -0.116. The van der Waals surface area contributed by atoms with E-state index in [2.05, 4.69) is 5.32 Å². The van der Waals surface area contributed by atoms with E-state index in [1.165, 1.54) is 21.6 Å². The molecule has 0 saturated carbocycles. The molecule has 4 rings (SSSR count). The highest BCUT2D eigenvalue weighted by Crippen LogP contribution is 2.29. The molecule has 0 spiro atoms. The fourth-order valence-electron chi connectivity index (χ4n) is 4.41. The van der Waals surface area contributed by atoms with Crippen molar-refractivity contribution in [2.45, 2.75) is 34.2 Å². The van der Waals surface area contributed by atoms with E-state index in [9.17, 15) is 23.6 Å². The van der Waals surface area contributed by atoms with Gasteiger partial charge in [-0.05, 0) is 68.7 Å². The van der Waals surface area contributed by atoms with E-state index in [-0.39, 0.29) is 28.4 Å². The maximum Gasteiger partial charge on any atom is 0.337 e. The van der Waals surface area contributed by atoms with Crippen LogP contribution in [-0.4, -0.2) is 39.9 Å². The Kier molecular flexibility index (Phi) is 6.88. The summed E-state index contributed by atoms with van der Waals surface area (Å²) in [6, 6.07) is 8.83. The van der Waals surface area contributed by atoms with E-state index in [1.807, 2.05) is 32.9 Å². The number of halogens is 1. The smallest absolute Gasteiger partial charge is 0.337 e. The highest BCUT2D eigenvalue weighted by atomic mass is 32.1. The lowest BCUT2D eigenvalue weighted by atomic mass is 10.1. The number of hydrogen-bond donors (Lipinski definition) is 1. The van der Waals surface area contributed by atoms with Gasteiger partial charge in [0, 0.05) is 19.8 Å². The largest absolute Gasteiger partial charge is 0.344 e.